The molecule has 1 saturated heterocycles. The molecule has 2 aromatic rings. The molecular formula is C21H24N2O2. The Hall–Kier alpha value is -2.62. The van der Waals surface area contributed by atoms with E-state index in [2.05, 4.69) is 0 Å². The van der Waals surface area contributed by atoms with Crippen LogP contribution in [0.15, 0.2) is 54.6 Å². The van der Waals surface area contributed by atoms with Gasteiger partial charge in [0, 0.05) is 36.7 Å². The normalized spacial score (nSPS) is 15.1. The predicted molar refractivity (Wildman–Crippen MR) is 99.3 cm³/mol. The SMILES string of the molecule is Nc1ccccc1CCC(=O)N1CCC(C(=O)c2ccccc2)CC1. The highest BCUT2D eigenvalue weighted by atomic mass is 16.2. The van der Waals surface area contributed by atoms with Crippen molar-refractivity contribution in [3.05, 3.63) is 65.7 Å². The maximum Gasteiger partial charge on any atom is 0.222 e. The van der Waals surface area contributed by atoms with E-state index in [1.54, 1.807) is 0 Å². The number of likely N-dealkylation sites (tertiary alicyclic amines) is 1. The minimum absolute atomic E-state index is 0.0243. The lowest BCUT2D eigenvalue weighted by Gasteiger charge is -2.31. The second-order valence-electron chi connectivity index (χ2n) is 6.58. The van der Waals surface area contributed by atoms with Gasteiger partial charge in [-0.25, -0.2) is 0 Å². The molecule has 25 heavy (non-hydrogen) atoms. The predicted octanol–water partition coefficient (Wildman–Crippen LogP) is 3.32. The van der Waals surface area contributed by atoms with Crippen molar-refractivity contribution in [2.24, 2.45) is 5.92 Å². The molecule has 3 rings (SSSR count). The Morgan fingerprint density at radius 2 is 1.60 bits per heavy atom. The number of Topliss-reactive ketones (excluding diaryl/α,β-unsaturated/α-hetero) is 1. The molecule has 1 fully saturated rings. The summed E-state index contributed by atoms with van der Waals surface area (Å²) in [6.45, 7) is 1.32. The van der Waals surface area contributed by atoms with Crippen molar-refractivity contribution in [3.8, 4) is 0 Å². The first-order chi connectivity index (χ1) is 12.1. The number of nitrogens with zero attached hydrogens (tertiary/aromatic N) is 1. The first-order valence-electron chi connectivity index (χ1n) is 8.85. The summed E-state index contributed by atoms with van der Waals surface area (Å²) in [5.41, 5.74) is 8.46. The summed E-state index contributed by atoms with van der Waals surface area (Å²) in [6.07, 6.45) is 2.61. The highest BCUT2D eigenvalue weighted by Crippen LogP contribution is 2.23. The largest absolute Gasteiger partial charge is 0.399 e. The zero-order chi connectivity index (χ0) is 17.6. The lowest BCUT2D eigenvalue weighted by molar-refractivity contribution is -0.132. The van der Waals surface area contributed by atoms with E-state index >= 15 is 0 Å². The van der Waals surface area contributed by atoms with E-state index in [9.17, 15) is 9.59 Å². The smallest absolute Gasteiger partial charge is 0.222 e. The van der Waals surface area contributed by atoms with Gasteiger partial charge >= 0.3 is 0 Å². The number of para-hydroxylation sites is 1. The molecule has 2 N–H and O–H groups in total. The second kappa shape index (κ2) is 7.97. The minimum atomic E-state index is 0.0243. The number of anilines is 1. The number of benzene rings is 2. The maximum absolute atomic E-state index is 12.5. The van der Waals surface area contributed by atoms with Crippen molar-refractivity contribution in [2.45, 2.75) is 25.7 Å². The Labute approximate surface area is 148 Å². The van der Waals surface area contributed by atoms with Crippen molar-refractivity contribution in [3.63, 3.8) is 0 Å². The van der Waals surface area contributed by atoms with E-state index in [1.807, 2.05) is 59.5 Å². The standard InChI is InChI=1S/C21H24N2O2/c22-19-9-5-4-6-16(19)10-11-20(24)23-14-12-18(13-15-23)21(25)17-7-2-1-3-8-17/h1-9,18H,10-15,22H2. The fourth-order valence-corrected chi connectivity index (χ4v) is 3.39. The molecule has 0 radical (unpaired) electrons. The Bertz CT molecular complexity index is 735. The van der Waals surface area contributed by atoms with Crippen LogP contribution in [-0.4, -0.2) is 29.7 Å². The number of carbonyl (C=O) groups excluding carboxylic acids is 2. The van der Waals surface area contributed by atoms with E-state index in [0.29, 0.717) is 25.9 Å². The third-order valence-electron chi connectivity index (χ3n) is 4.94. The monoisotopic (exact) mass is 336 g/mol. The Balaban J connectivity index is 1.49. The van der Waals surface area contributed by atoms with Crippen LogP contribution in [0.1, 0.15) is 35.2 Å². The molecule has 1 heterocycles. The summed E-state index contributed by atoms with van der Waals surface area (Å²) in [4.78, 5) is 26.8. The zero-order valence-corrected chi connectivity index (χ0v) is 14.4. The van der Waals surface area contributed by atoms with Gasteiger partial charge in [0.05, 0.1) is 0 Å². The third-order valence-corrected chi connectivity index (χ3v) is 4.94. The van der Waals surface area contributed by atoms with Crippen LogP contribution in [0, 0.1) is 5.92 Å². The number of piperidine rings is 1. The molecule has 0 unspecified atom stereocenters. The number of aryl methyl sites for hydroxylation is 1. The van der Waals surface area contributed by atoms with Gasteiger partial charge in [0.25, 0.3) is 0 Å². The van der Waals surface area contributed by atoms with Crippen LogP contribution in [0.3, 0.4) is 0 Å². The fourth-order valence-electron chi connectivity index (χ4n) is 3.39. The van der Waals surface area contributed by atoms with Gasteiger partial charge < -0.3 is 10.6 Å². The van der Waals surface area contributed by atoms with E-state index < -0.39 is 0 Å². The lowest BCUT2D eigenvalue weighted by Crippen LogP contribution is -2.40. The molecule has 1 aliphatic heterocycles. The summed E-state index contributed by atoms with van der Waals surface area (Å²) >= 11 is 0. The minimum Gasteiger partial charge on any atom is -0.399 e. The van der Waals surface area contributed by atoms with Crippen molar-refractivity contribution in [2.75, 3.05) is 18.8 Å². The number of nitrogens with two attached hydrogens (primary N) is 1. The van der Waals surface area contributed by atoms with Gasteiger partial charge in [0.15, 0.2) is 5.78 Å². The van der Waals surface area contributed by atoms with E-state index in [0.717, 1.165) is 29.7 Å². The second-order valence-corrected chi connectivity index (χ2v) is 6.58. The highest BCUT2D eigenvalue weighted by Gasteiger charge is 2.27. The number of carbonyl (C=O) groups is 2. The summed E-state index contributed by atoms with van der Waals surface area (Å²) in [6, 6.07) is 17.1. The number of rotatable bonds is 5. The zero-order valence-electron chi connectivity index (χ0n) is 14.4. The van der Waals surface area contributed by atoms with Crippen LogP contribution in [-0.2, 0) is 11.2 Å². The summed E-state index contributed by atoms with van der Waals surface area (Å²) in [5, 5.41) is 0. The molecule has 0 atom stereocenters. The van der Waals surface area contributed by atoms with Gasteiger partial charge in [-0.15, -0.1) is 0 Å². The molecule has 4 heteroatoms. The fraction of sp³-hybridized carbons (Fsp3) is 0.333. The van der Waals surface area contributed by atoms with Gasteiger partial charge in [-0.1, -0.05) is 48.5 Å². The molecule has 1 aliphatic rings. The van der Waals surface area contributed by atoms with Gasteiger partial charge in [0.2, 0.25) is 5.91 Å². The average molecular weight is 336 g/mol. The van der Waals surface area contributed by atoms with Gasteiger partial charge in [-0.2, -0.15) is 0 Å². The first kappa shape index (κ1) is 17.2. The van der Waals surface area contributed by atoms with E-state index in [1.165, 1.54) is 0 Å². The highest BCUT2D eigenvalue weighted by molar-refractivity contribution is 5.98. The Morgan fingerprint density at radius 1 is 0.960 bits per heavy atom. The average Bonchev–Trinajstić information content (AvgIpc) is 2.67. The van der Waals surface area contributed by atoms with Crippen molar-refractivity contribution in [1.82, 2.24) is 4.90 Å². The molecular weight excluding hydrogens is 312 g/mol. The molecule has 1 amide bonds. The number of hydrogen-bond acceptors (Lipinski definition) is 3. The summed E-state index contributed by atoms with van der Waals surface area (Å²) in [7, 11) is 0. The van der Waals surface area contributed by atoms with Crippen LogP contribution >= 0.6 is 0 Å². The number of amides is 1. The van der Waals surface area contributed by atoms with Crippen LogP contribution < -0.4 is 5.73 Å². The van der Waals surface area contributed by atoms with Crippen molar-refractivity contribution >= 4 is 17.4 Å². The number of hydrogen-bond donors (Lipinski definition) is 1. The first-order valence-corrected chi connectivity index (χ1v) is 8.85. The Kier molecular flexibility index (Phi) is 5.49. The van der Waals surface area contributed by atoms with E-state index in [4.69, 9.17) is 5.73 Å². The molecule has 2 aromatic carbocycles. The summed E-state index contributed by atoms with van der Waals surface area (Å²) < 4.78 is 0. The van der Waals surface area contributed by atoms with Gasteiger partial charge in [-0.05, 0) is 30.9 Å². The van der Waals surface area contributed by atoms with Crippen LogP contribution in [0.5, 0.6) is 0 Å². The molecule has 0 spiro atoms. The maximum atomic E-state index is 12.5. The number of nitrogen functional groups attached to an aromatic ring is 1. The quantitative estimate of drug-likeness (QED) is 0.673. The molecule has 0 bridgehead atoms. The molecule has 0 aliphatic carbocycles. The topological polar surface area (TPSA) is 63.4 Å². The van der Waals surface area contributed by atoms with Crippen molar-refractivity contribution < 1.29 is 9.59 Å². The van der Waals surface area contributed by atoms with Gasteiger partial charge in [0.1, 0.15) is 0 Å². The molecule has 0 saturated carbocycles. The summed E-state index contributed by atoms with van der Waals surface area (Å²) in [5.74, 6) is 0.370. The Morgan fingerprint density at radius 3 is 2.28 bits per heavy atom. The van der Waals surface area contributed by atoms with Crippen LogP contribution in [0.4, 0.5) is 5.69 Å². The van der Waals surface area contributed by atoms with Gasteiger partial charge in [-0.3, -0.25) is 9.59 Å². The molecule has 4 nitrogen and oxygen atoms in total. The third kappa shape index (κ3) is 4.27. The molecule has 0 aromatic heterocycles. The van der Waals surface area contributed by atoms with Crippen LogP contribution in [0.2, 0.25) is 0 Å². The van der Waals surface area contributed by atoms with E-state index in [-0.39, 0.29) is 17.6 Å². The lowest BCUT2D eigenvalue weighted by atomic mass is 9.88. The van der Waals surface area contributed by atoms with Crippen LogP contribution in [0.25, 0.3) is 0 Å². The number of ketones is 1. The molecule has 130 valence electrons. The van der Waals surface area contributed by atoms with Crippen molar-refractivity contribution in [1.29, 1.82) is 0 Å².